The van der Waals surface area contributed by atoms with Gasteiger partial charge in [0.05, 0.1) is 21.6 Å². The number of nitrogens with zero attached hydrogens (tertiary/aromatic N) is 4. The lowest BCUT2D eigenvalue weighted by Crippen LogP contribution is -2.51. The summed E-state index contributed by atoms with van der Waals surface area (Å²) in [5.41, 5.74) is -0.228. The molecule has 1 N–H and O–H groups in total. The number of carbonyl (C=O) groups is 2. The normalized spacial score (nSPS) is 17.6. The molecule has 1 saturated heterocycles. The Morgan fingerprint density at radius 2 is 1.94 bits per heavy atom. The number of carboxylic acid groups (broad SMARTS) is 1. The van der Waals surface area contributed by atoms with Crippen LogP contribution >= 0.6 is 11.8 Å². The van der Waals surface area contributed by atoms with Crippen molar-refractivity contribution in [3.05, 3.63) is 69.0 Å². The van der Waals surface area contributed by atoms with Crippen LogP contribution in [-0.2, 0) is 0 Å². The van der Waals surface area contributed by atoms with Crippen LogP contribution in [0.15, 0.2) is 46.3 Å². The van der Waals surface area contributed by atoms with Gasteiger partial charge in [-0.05, 0) is 25.1 Å². The molecule has 170 valence electrons. The minimum Gasteiger partial charge on any atom is -0.618 e. The quantitative estimate of drug-likeness (QED) is 0.461. The van der Waals surface area contributed by atoms with Crippen molar-refractivity contribution in [2.45, 2.75) is 17.3 Å². The van der Waals surface area contributed by atoms with Gasteiger partial charge in [-0.1, -0.05) is 11.8 Å². The molecule has 2 aliphatic heterocycles. The highest BCUT2D eigenvalue weighted by Crippen LogP contribution is 2.46. The number of amides is 1. The first kappa shape index (κ1) is 21.3. The predicted molar refractivity (Wildman–Crippen MR) is 119 cm³/mol. The fourth-order valence-electron chi connectivity index (χ4n) is 4.37. The predicted octanol–water partition coefficient (Wildman–Crippen LogP) is 2.06. The Bertz CT molecular complexity index is 1380. The first-order valence-corrected chi connectivity index (χ1v) is 11.2. The van der Waals surface area contributed by atoms with E-state index in [2.05, 4.69) is 0 Å². The molecule has 9 nitrogen and oxygen atoms in total. The summed E-state index contributed by atoms with van der Waals surface area (Å²) >= 11 is 1.29. The molecule has 2 aromatic heterocycles. The first-order valence-electron chi connectivity index (χ1n) is 10.3. The largest absolute Gasteiger partial charge is 0.618 e. The molecule has 11 heteroatoms. The van der Waals surface area contributed by atoms with Crippen LogP contribution in [0.3, 0.4) is 0 Å². The Morgan fingerprint density at radius 1 is 1.21 bits per heavy atom. The van der Waals surface area contributed by atoms with E-state index >= 15 is 4.39 Å². The molecule has 0 aliphatic carbocycles. The number of benzene rings is 1. The number of hydrogen-bond acceptors (Lipinski definition) is 6. The van der Waals surface area contributed by atoms with Crippen molar-refractivity contribution < 1.29 is 23.8 Å². The summed E-state index contributed by atoms with van der Waals surface area (Å²) in [5, 5.41) is 21.7. The monoisotopic (exact) mass is 470 g/mol. The Morgan fingerprint density at radius 3 is 2.58 bits per heavy atom. The van der Waals surface area contributed by atoms with Crippen LogP contribution in [0.5, 0.6) is 0 Å². The molecule has 1 fully saturated rings. The van der Waals surface area contributed by atoms with Crippen molar-refractivity contribution in [2.24, 2.45) is 0 Å². The number of halogens is 1. The smallest absolute Gasteiger partial charge is 0.342 e. The molecule has 0 saturated carbocycles. The highest BCUT2D eigenvalue weighted by Gasteiger charge is 2.34. The van der Waals surface area contributed by atoms with E-state index in [1.54, 1.807) is 32.6 Å². The van der Waals surface area contributed by atoms with E-state index in [1.165, 1.54) is 24.0 Å². The Kier molecular flexibility index (Phi) is 5.00. The highest BCUT2D eigenvalue weighted by molar-refractivity contribution is 8.00. The van der Waals surface area contributed by atoms with Gasteiger partial charge in [-0.25, -0.2) is 9.18 Å². The van der Waals surface area contributed by atoms with Crippen LogP contribution in [-0.4, -0.2) is 52.6 Å². The van der Waals surface area contributed by atoms with Crippen molar-refractivity contribution >= 4 is 40.2 Å². The van der Waals surface area contributed by atoms with E-state index in [0.717, 1.165) is 6.07 Å². The molecule has 4 heterocycles. The maximum atomic E-state index is 15.1. The average molecular weight is 470 g/mol. The molecule has 1 aromatic carbocycles. The van der Waals surface area contributed by atoms with Crippen molar-refractivity contribution in [2.75, 3.05) is 31.1 Å². The topological polar surface area (TPSA) is 110 Å². The van der Waals surface area contributed by atoms with Crippen molar-refractivity contribution in [1.82, 2.24) is 9.47 Å². The number of pyridine rings is 2. The van der Waals surface area contributed by atoms with Crippen molar-refractivity contribution in [3.63, 3.8) is 0 Å². The standard InChI is InChI=1S/C22H19FN4O5S/c1-12-27-16-11-17(14(23)10-13(16)19(28)18(22(30)31)21(27)33-12)24-6-8-25(9-7-24)20(29)15-4-2-3-5-26(15)32/h2-5,10-12H,6-9H2,1H3,(H,30,31). The summed E-state index contributed by atoms with van der Waals surface area (Å²) in [6, 6.07) is 7.31. The Labute approximate surface area is 191 Å². The molecule has 33 heavy (non-hydrogen) atoms. The second-order valence-corrected chi connectivity index (χ2v) is 9.22. The van der Waals surface area contributed by atoms with E-state index in [0.29, 0.717) is 41.5 Å². The second-order valence-electron chi connectivity index (χ2n) is 7.91. The van der Waals surface area contributed by atoms with E-state index in [-0.39, 0.29) is 33.6 Å². The molecule has 1 unspecified atom stereocenters. The number of fused-ring (bicyclic) bond motifs is 3. The zero-order chi connectivity index (χ0) is 23.4. The van der Waals surface area contributed by atoms with Gasteiger partial charge in [0.2, 0.25) is 5.43 Å². The summed E-state index contributed by atoms with van der Waals surface area (Å²) in [5.74, 6) is -2.34. The number of aromatic nitrogens is 2. The molecule has 5 rings (SSSR count). The highest BCUT2D eigenvalue weighted by atomic mass is 32.2. The van der Waals surface area contributed by atoms with Gasteiger partial charge < -0.3 is 24.7 Å². The SMILES string of the molecule is CC1Sc2c(C(=O)O)c(=O)c3cc(F)c(N4CCN(C(=O)c5cccc[n+]5[O-])CC4)cc3n21. The summed E-state index contributed by atoms with van der Waals surface area (Å²) in [4.78, 5) is 40.4. The fourth-order valence-corrected chi connectivity index (χ4v) is 5.53. The summed E-state index contributed by atoms with van der Waals surface area (Å²) in [6.45, 7) is 3.16. The maximum absolute atomic E-state index is 15.1. The lowest BCUT2D eigenvalue weighted by Gasteiger charge is -2.37. The zero-order valence-corrected chi connectivity index (χ0v) is 18.3. The molecular formula is C22H19FN4O5S. The number of hydrogen-bond donors (Lipinski definition) is 1. The van der Waals surface area contributed by atoms with Gasteiger partial charge in [0, 0.05) is 43.7 Å². The first-order chi connectivity index (χ1) is 15.8. The number of carbonyl (C=O) groups excluding carboxylic acids is 1. The third kappa shape index (κ3) is 3.30. The van der Waals surface area contributed by atoms with Gasteiger partial charge in [-0.2, -0.15) is 4.73 Å². The minimum atomic E-state index is -1.33. The molecule has 0 radical (unpaired) electrons. The average Bonchev–Trinajstić information content (AvgIpc) is 2.78. The van der Waals surface area contributed by atoms with Gasteiger partial charge in [0.15, 0.2) is 6.20 Å². The lowest BCUT2D eigenvalue weighted by atomic mass is 10.1. The van der Waals surface area contributed by atoms with Gasteiger partial charge in [-0.15, -0.1) is 0 Å². The van der Waals surface area contributed by atoms with E-state index in [1.807, 2.05) is 6.92 Å². The second kappa shape index (κ2) is 7.77. The van der Waals surface area contributed by atoms with Crippen LogP contribution in [0.4, 0.5) is 10.1 Å². The summed E-state index contributed by atoms with van der Waals surface area (Å²) in [6.07, 6.45) is 1.26. The number of rotatable bonds is 3. The lowest BCUT2D eigenvalue weighted by molar-refractivity contribution is -0.608. The number of thioether (sulfide) groups is 1. The fraction of sp³-hybridized carbons (Fsp3) is 0.273. The van der Waals surface area contributed by atoms with Crippen molar-refractivity contribution in [1.29, 1.82) is 0 Å². The summed E-state index contributed by atoms with van der Waals surface area (Å²) < 4.78 is 17.3. The van der Waals surface area contributed by atoms with Crippen LogP contribution in [0.25, 0.3) is 10.9 Å². The van der Waals surface area contributed by atoms with Gasteiger partial charge >= 0.3 is 11.9 Å². The molecule has 1 amide bonds. The van der Waals surface area contributed by atoms with E-state index in [4.69, 9.17) is 0 Å². The minimum absolute atomic E-state index is 0.0299. The van der Waals surface area contributed by atoms with Crippen LogP contribution in [0.1, 0.15) is 33.1 Å². The molecule has 2 aliphatic rings. The van der Waals surface area contributed by atoms with E-state index < -0.39 is 17.2 Å². The van der Waals surface area contributed by atoms with Gasteiger partial charge in [0.25, 0.3) is 5.69 Å². The molecule has 3 aromatic rings. The van der Waals surface area contributed by atoms with Crippen LogP contribution in [0, 0.1) is 11.0 Å². The van der Waals surface area contributed by atoms with Crippen LogP contribution < -0.4 is 15.1 Å². The maximum Gasteiger partial charge on any atom is 0.342 e. The Hall–Kier alpha value is -3.60. The number of piperazine rings is 1. The van der Waals surface area contributed by atoms with Crippen molar-refractivity contribution in [3.8, 4) is 0 Å². The molecule has 1 atom stereocenters. The molecule has 0 bridgehead atoms. The van der Waals surface area contributed by atoms with Crippen LogP contribution in [0.2, 0.25) is 0 Å². The molecule has 0 spiro atoms. The van der Waals surface area contributed by atoms with Gasteiger partial charge in [-0.3, -0.25) is 9.59 Å². The third-order valence-electron chi connectivity index (χ3n) is 6.04. The number of aromatic carboxylic acids is 1. The van der Waals surface area contributed by atoms with Gasteiger partial charge in [0.1, 0.15) is 11.4 Å². The Balaban J connectivity index is 1.46. The number of anilines is 1. The third-order valence-corrected chi connectivity index (χ3v) is 7.22. The zero-order valence-electron chi connectivity index (χ0n) is 17.5. The number of carboxylic acids is 1. The summed E-state index contributed by atoms with van der Waals surface area (Å²) in [7, 11) is 0. The molecular weight excluding hydrogens is 451 g/mol. The van der Waals surface area contributed by atoms with E-state index in [9.17, 15) is 24.7 Å².